The Morgan fingerprint density at radius 2 is 2.31 bits per heavy atom. The monoisotopic (exact) mass is 184 g/mol. The van der Waals surface area contributed by atoms with Crippen molar-refractivity contribution in [2.45, 2.75) is 26.7 Å². The summed E-state index contributed by atoms with van der Waals surface area (Å²) < 4.78 is 5.47. The molecular formula is C10H20N2O. The minimum atomic E-state index is 0.609. The molecule has 1 fully saturated rings. The van der Waals surface area contributed by atoms with Crippen molar-refractivity contribution in [2.24, 2.45) is 5.92 Å². The van der Waals surface area contributed by atoms with Gasteiger partial charge in [0.1, 0.15) is 0 Å². The first-order valence-electron chi connectivity index (χ1n) is 5.10. The Morgan fingerprint density at radius 1 is 1.54 bits per heavy atom. The van der Waals surface area contributed by atoms with E-state index in [0.717, 1.165) is 45.0 Å². The summed E-state index contributed by atoms with van der Waals surface area (Å²) in [5.74, 6) is 1.39. The molecule has 0 spiro atoms. The van der Waals surface area contributed by atoms with Crippen molar-refractivity contribution in [3.05, 3.63) is 0 Å². The summed E-state index contributed by atoms with van der Waals surface area (Å²) in [6, 6.07) is 0. The molecular weight excluding hydrogens is 164 g/mol. The Kier molecular flexibility index (Phi) is 4.22. The number of nitrogens with zero attached hydrogens (tertiary/aromatic N) is 1. The third-order valence-corrected chi connectivity index (χ3v) is 2.18. The van der Waals surface area contributed by atoms with Crippen LogP contribution in [-0.2, 0) is 4.74 Å². The SMILES string of the molecule is CC(C)COCCN1CCCC1=N. The van der Waals surface area contributed by atoms with Crippen LogP contribution in [0.2, 0.25) is 0 Å². The lowest BCUT2D eigenvalue weighted by molar-refractivity contribution is 0.100. The van der Waals surface area contributed by atoms with Crippen LogP contribution in [0.3, 0.4) is 0 Å². The van der Waals surface area contributed by atoms with Crippen LogP contribution < -0.4 is 0 Å². The second kappa shape index (κ2) is 5.22. The van der Waals surface area contributed by atoms with E-state index in [9.17, 15) is 0 Å². The summed E-state index contributed by atoms with van der Waals surface area (Å²) >= 11 is 0. The summed E-state index contributed by atoms with van der Waals surface area (Å²) in [4.78, 5) is 2.11. The fourth-order valence-electron chi connectivity index (χ4n) is 1.47. The molecule has 0 saturated carbocycles. The maximum absolute atomic E-state index is 7.60. The third kappa shape index (κ3) is 3.77. The van der Waals surface area contributed by atoms with E-state index >= 15 is 0 Å². The zero-order chi connectivity index (χ0) is 9.68. The van der Waals surface area contributed by atoms with E-state index in [4.69, 9.17) is 10.1 Å². The highest BCUT2D eigenvalue weighted by Gasteiger charge is 2.15. The molecule has 0 aromatic rings. The van der Waals surface area contributed by atoms with Gasteiger partial charge in [-0.3, -0.25) is 5.41 Å². The number of amidine groups is 1. The summed E-state index contributed by atoms with van der Waals surface area (Å²) in [5.41, 5.74) is 0. The standard InChI is InChI=1S/C10H20N2O/c1-9(2)8-13-7-6-12-5-3-4-10(12)11/h9,11H,3-8H2,1-2H3. The van der Waals surface area contributed by atoms with Gasteiger partial charge in [-0.15, -0.1) is 0 Å². The van der Waals surface area contributed by atoms with E-state index < -0.39 is 0 Å². The molecule has 3 nitrogen and oxygen atoms in total. The predicted molar refractivity (Wildman–Crippen MR) is 54.2 cm³/mol. The van der Waals surface area contributed by atoms with Gasteiger partial charge in [-0.05, 0) is 12.3 Å². The van der Waals surface area contributed by atoms with Crippen LogP contribution in [0.25, 0.3) is 0 Å². The second-order valence-electron chi connectivity index (χ2n) is 4.01. The number of rotatable bonds is 5. The van der Waals surface area contributed by atoms with Crippen molar-refractivity contribution in [3.8, 4) is 0 Å². The van der Waals surface area contributed by atoms with E-state index in [1.165, 1.54) is 0 Å². The molecule has 0 bridgehead atoms. The molecule has 0 radical (unpaired) electrons. The lowest BCUT2D eigenvalue weighted by Crippen LogP contribution is -2.28. The summed E-state index contributed by atoms with van der Waals surface area (Å²) in [6.45, 7) is 7.84. The first-order chi connectivity index (χ1) is 6.20. The highest BCUT2D eigenvalue weighted by Crippen LogP contribution is 2.08. The van der Waals surface area contributed by atoms with Crippen molar-refractivity contribution in [2.75, 3.05) is 26.3 Å². The van der Waals surface area contributed by atoms with Gasteiger partial charge in [0.25, 0.3) is 0 Å². The van der Waals surface area contributed by atoms with Crippen LogP contribution in [0.4, 0.5) is 0 Å². The topological polar surface area (TPSA) is 36.3 Å². The zero-order valence-electron chi connectivity index (χ0n) is 8.68. The summed E-state index contributed by atoms with van der Waals surface area (Å²) in [6.07, 6.45) is 2.09. The average Bonchev–Trinajstić information content (AvgIpc) is 2.45. The molecule has 0 amide bonds. The van der Waals surface area contributed by atoms with Gasteiger partial charge in [0.05, 0.1) is 12.4 Å². The fourth-order valence-corrected chi connectivity index (χ4v) is 1.47. The lowest BCUT2D eigenvalue weighted by atomic mass is 10.2. The number of nitrogens with one attached hydrogen (secondary N) is 1. The number of hydrogen-bond donors (Lipinski definition) is 1. The molecule has 1 rings (SSSR count). The summed E-state index contributed by atoms with van der Waals surface area (Å²) in [5, 5.41) is 7.60. The normalized spacial score (nSPS) is 17.5. The number of likely N-dealkylation sites (tertiary alicyclic amines) is 1. The molecule has 1 saturated heterocycles. The Hall–Kier alpha value is -0.570. The molecule has 0 aromatic heterocycles. The molecule has 13 heavy (non-hydrogen) atoms. The maximum atomic E-state index is 7.60. The van der Waals surface area contributed by atoms with Crippen LogP contribution in [0.5, 0.6) is 0 Å². The molecule has 1 N–H and O–H groups in total. The van der Waals surface area contributed by atoms with Gasteiger partial charge in [0.15, 0.2) is 0 Å². The molecule has 1 heterocycles. The Morgan fingerprint density at radius 3 is 2.85 bits per heavy atom. The average molecular weight is 184 g/mol. The molecule has 1 aliphatic heterocycles. The first kappa shape index (κ1) is 10.5. The third-order valence-electron chi connectivity index (χ3n) is 2.18. The van der Waals surface area contributed by atoms with Gasteiger partial charge in [-0.1, -0.05) is 13.8 Å². The molecule has 76 valence electrons. The van der Waals surface area contributed by atoms with Gasteiger partial charge in [-0.25, -0.2) is 0 Å². The lowest BCUT2D eigenvalue weighted by Gasteiger charge is -2.17. The first-order valence-corrected chi connectivity index (χ1v) is 5.10. The Labute approximate surface area is 80.6 Å². The highest BCUT2D eigenvalue weighted by molar-refractivity contribution is 5.80. The molecule has 0 unspecified atom stereocenters. The smallest absolute Gasteiger partial charge is 0.0959 e. The van der Waals surface area contributed by atoms with Crippen LogP contribution in [0.1, 0.15) is 26.7 Å². The van der Waals surface area contributed by atoms with Crippen LogP contribution >= 0.6 is 0 Å². The minimum Gasteiger partial charge on any atom is -0.379 e. The molecule has 0 atom stereocenters. The van der Waals surface area contributed by atoms with Crippen LogP contribution in [-0.4, -0.2) is 37.0 Å². The Balaban J connectivity index is 2.02. The van der Waals surface area contributed by atoms with Gasteiger partial charge < -0.3 is 9.64 Å². The van der Waals surface area contributed by atoms with Gasteiger partial charge in [-0.2, -0.15) is 0 Å². The minimum absolute atomic E-state index is 0.609. The molecule has 3 heteroatoms. The second-order valence-corrected chi connectivity index (χ2v) is 4.01. The van der Waals surface area contributed by atoms with Crippen molar-refractivity contribution in [3.63, 3.8) is 0 Å². The van der Waals surface area contributed by atoms with Gasteiger partial charge >= 0.3 is 0 Å². The van der Waals surface area contributed by atoms with Gasteiger partial charge in [0.2, 0.25) is 0 Å². The fraction of sp³-hybridized carbons (Fsp3) is 0.900. The quantitative estimate of drug-likeness (QED) is 0.661. The zero-order valence-corrected chi connectivity index (χ0v) is 8.68. The highest BCUT2D eigenvalue weighted by atomic mass is 16.5. The van der Waals surface area contributed by atoms with E-state index in [0.29, 0.717) is 5.92 Å². The van der Waals surface area contributed by atoms with Crippen molar-refractivity contribution in [1.29, 1.82) is 5.41 Å². The van der Waals surface area contributed by atoms with Crippen molar-refractivity contribution < 1.29 is 4.74 Å². The maximum Gasteiger partial charge on any atom is 0.0959 e. The van der Waals surface area contributed by atoms with Crippen molar-refractivity contribution in [1.82, 2.24) is 4.90 Å². The van der Waals surface area contributed by atoms with Gasteiger partial charge in [0, 0.05) is 26.1 Å². The number of ether oxygens (including phenoxy) is 1. The Bertz CT molecular complexity index is 168. The summed E-state index contributed by atoms with van der Waals surface area (Å²) in [7, 11) is 0. The predicted octanol–water partition coefficient (Wildman–Crippen LogP) is 1.73. The number of hydrogen-bond acceptors (Lipinski definition) is 2. The van der Waals surface area contributed by atoms with Crippen LogP contribution in [0, 0.1) is 11.3 Å². The molecule has 1 aliphatic rings. The van der Waals surface area contributed by atoms with E-state index in [1.807, 2.05) is 0 Å². The molecule has 0 aliphatic carbocycles. The van der Waals surface area contributed by atoms with E-state index in [2.05, 4.69) is 18.7 Å². The van der Waals surface area contributed by atoms with E-state index in [1.54, 1.807) is 0 Å². The largest absolute Gasteiger partial charge is 0.379 e. The van der Waals surface area contributed by atoms with E-state index in [-0.39, 0.29) is 0 Å². The molecule has 0 aromatic carbocycles. The van der Waals surface area contributed by atoms with Crippen molar-refractivity contribution >= 4 is 5.84 Å². The van der Waals surface area contributed by atoms with Crippen LogP contribution in [0.15, 0.2) is 0 Å².